The average Bonchev–Trinajstić information content (AvgIpc) is 2.43. The Bertz CT molecular complexity index is 480. The molecule has 0 unspecified atom stereocenters. The van der Waals surface area contributed by atoms with Gasteiger partial charge in [0.2, 0.25) is 0 Å². The van der Waals surface area contributed by atoms with E-state index in [0.29, 0.717) is 0 Å². The van der Waals surface area contributed by atoms with Gasteiger partial charge in [-0.15, -0.1) is 12.4 Å². The van der Waals surface area contributed by atoms with Gasteiger partial charge in [0.05, 0.1) is 0 Å². The van der Waals surface area contributed by atoms with Crippen LogP contribution in [0.2, 0.25) is 0 Å². The molecular weight excluding hydrogens is 448 g/mol. The van der Waals surface area contributed by atoms with Crippen molar-refractivity contribution in [2.75, 3.05) is 26.2 Å². The van der Waals surface area contributed by atoms with E-state index in [1.807, 2.05) is 18.2 Å². The molecule has 22 heavy (non-hydrogen) atoms. The second kappa shape index (κ2) is 8.87. The normalized spacial score (nSPS) is 17.9. The van der Waals surface area contributed by atoms with Crippen molar-refractivity contribution in [3.63, 3.8) is 0 Å². The Hall–Kier alpha value is 0.180. The van der Waals surface area contributed by atoms with E-state index in [2.05, 4.69) is 42.1 Å². The number of alkyl halides is 3. The van der Waals surface area contributed by atoms with Crippen LogP contribution in [0.4, 0.5) is 13.2 Å². The fourth-order valence-electron chi connectivity index (χ4n) is 2.57. The van der Waals surface area contributed by atoms with Crippen LogP contribution < -0.4 is 5.32 Å². The van der Waals surface area contributed by atoms with Crippen molar-refractivity contribution >= 4 is 44.3 Å². The lowest BCUT2D eigenvalue weighted by molar-refractivity contribution is -0.138. The third-order valence-corrected chi connectivity index (χ3v) is 5.50. The third-order valence-electron chi connectivity index (χ3n) is 3.62. The predicted molar refractivity (Wildman–Crippen MR) is 91.6 cm³/mol. The van der Waals surface area contributed by atoms with Gasteiger partial charge in [-0.1, -0.05) is 6.07 Å². The van der Waals surface area contributed by atoms with Crippen molar-refractivity contribution in [1.29, 1.82) is 0 Å². The van der Waals surface area contributed by atoms with Gasteiger partial charge in [-0.3, -0.25) is 4.90 Å². The molecule has 0 amide bonds. The SMILES string of the molecule is Cl.FC(F)(F)CC[C@@H](c1ccc(Br)c(Br)c1)N1CCNCC1. The maximum Gasteiger partial charge on any atom is 0.389 e. The number of piperazine rings is 1. The number of nitrogens with zero attached hydrogens (tertiary/aromatic N) is 1. The van der Waals surface area contributed by atoms with E-state index in [9.17, 15) is 13.2 Å². The molecule has 1 atom stereocenters. The van der Waals surface area contributed by atoms with Gasteiger partial charge in [0.15, 0.2) is 0 Å². The molecule has 2 nitrogen and oxygen atoms in total. The summed E-state index contributed by atoms with van der Waals surface area (Å²) < 4.78 is 39.6. The Morgan fingerprint density at radius 2 is 1.77 bits per heavy atom. The molecule has 0 radical (unpaired) electrons. The van der Waals surface area contributed by atoms with E-state index < -0.39 is 12.6 Å². The summed E-state index contributed by atoms with van der Waals surface area (Å²) in [5.41, 5.74) is 0.927. The maximum absolute atomic E-state index is 12.6. The lowest BCUT2D eigenvalue weighted by Crippen LogP contribution is -2.45. The van der Waals surface area contributed by atoms with Crippen LogP contribution in [0.5, 0.6) is 0 Å². The maximum atomic E-state index is 12.6. The summed E-state index contributed by atoms with van der Waals surface area (Å²) in [7, 11) is 0. The van der Waals surface area contributed by atoms with Gasteiger partial charge in [-0.25, -0.2) is 0 Å². The van der Waals surface area contributed by atoms with Crippen molar-refractivity contribution in [3.8, 4) is 0 Å². The number of nitrogens with one attached hydrogen (secondary N) is 1. The molecule has 1 heterocycles. The topological polar surface area (TPSA) is 15.3 Å². The van der Waals surface area contributed by atoms with Crippen molar-refractivity contribution in [2.24, 2.45) is 0 Å². The summed E-state index contributed by atoms with van der Waals surface area (Å²) in [6.45, 7) is 3.19. The van der Waals surface area contributed by atoms with Gasteiger partial charge >= 0.3 is 6.18 Å². The first kappa shape index (κ1) is 20.2. The Kier molecular flexibility index (Phi) is 8.16. The zero-order chi connectivity index (χ0) is 15.5. The van der Waals surface area contributed by atoms with Gasteiger partial charge in [0.25, 0.3) is 0 Å². The molecule has 0 aromatic heterocycles. The monoisotopic (exact) mass is 464 g/mol. The first-order valence-electron chi connectivity index (χ1n) is 6.83. The number of hydrogen-bond donors (Lipinski definition) is 1. The van der Waals surface area contributed by atoms with Crippen molar-refractivity contribution in [2.45, 2.75) is 25.1 Å². The van der Waals surface area contributed by atoms with Gasteiger partial charge in [0, 0.05) is 47.6 Å². The van der Waals surface area contributed by atoms with Crippen LogP contribution in [0.3, 0.4) is 0 Å². The molecule has 0 spiro atoms. The van der Waals surface area contributed by atoms with Crippen molar-refractivity contribution in [3.05, 3.63) is 32.7 Å². The molecule has 1 N–H and O–H groups in total. The van der Waals surface area contributed by atoms with E-state index in [4.69, 9.17) is 0 Å². The zero-order valence-corrected chi connectivity index (χ0v) is 15.8. The largest absolute Gasteiger partial charge is 0.389 e. The van der Waals surface area contributed by atoms with Crippen LogP contribution in [-0.2, 0) is 0 Å². The van der Waals surface area contributed by atoms with E-state index >= 15 is 0 Å². The molecular formula is C14H18Br2ClF3N2. The first-order valence-corrected chi connectivity index (χ1v) is 8.42. The number of benzene rings is 1. The first-order chi connectivity index (χ1) is 9.87. The van der Waals surface area contributed by atoms with Gasteiger partial charge in [-0.2, -0.15) is 13.2 Å². The number of hydrogen-bond acceptors (Lipinski definition) is 2. The van der Waals surface area contributed by atoms with Crippen LogP contribution >= 0.6 is 44.3 Å². The molecule has 1 aliphatic rings. The van der Waals surface area contributed by atoms with Crippen LogP contribution in [-0.4, -0.2) is 37.3 Å². The predicted octanol–water partition coefficient (Wildman–Crippen LogP) is 4.92. The van der Waals surface area contributed by atoms with Gasteiger partial charge in [-0.05, 0) is 56.0 Å². The molecule has 2 rings (SSSR count). The van der Waals surface area contributed by atoms with Crippen LogP contribution in [0.1, 0.15) is 24.4 Å². The lowest BCUT2D eigenvalue weighted by atomic mass is 9.99. The Balaban J connectivity index is 0.00000242. The van der Waals surface area contributed by atoms with Crippen molar-refractivity contribution in [1.82, 2.24) is 10.2 Å². The molecule has 1 aromatic carbocycles. The highest BCUT2D eigenvalue weighted by Gasteiger charge is 2.31. The minimum atomic E-state index is -4.11. The number of halogens is 6. The highest BCUT2D eigenvalue weighted by Crippen LogP contribution is 2.34. The molecule has 1 fully saturated rings. The minimum absolute atomic E-state index is 0. The fourth-order valence-corrected chi connectivity index (χ4v) is 3.22. The van der Waals surface area contributed by atoms with E-state index in [0.717, 1.165) is 40.7 Å². The summed E-state index contributed by atoms with van der Waals surface area (Å²) in [4.78, 5) is 2.14. The van der Waals surface area contributed by atoms with E-state index in [-0.39, 0.29) is 24.9 Å². The zero-order valence-electron chi connectivity index (χ0n) is 11.8. The second-order valence-electron chi connectivity index (χ2n) is 5.13. The van der Waals surface area contributed by atoms with Crippen molar-refractivity contribution < 1.29 is 13.2 Å². The van der Waals surface area contributed by atoms with Gasteiger partial charge in [0.1, 0.15) is 0 Å². The molecule has 1 aromatic rings. The van der Waals surface area contributed by atoms with Crippen LogP contribution in [0, 0.1) is 0 Å². The smallest absolute Gasteiger partial charge is 0.314 e. The van der Waals surface area contributed by atoms with Gasteiger partial charge < -0.3 is 5.32 Å². The standard InChI is InChI=1S/C14H17Br2F3N2.ClH/c15-11-2-1-10(9-12(11)16)13(3-4-14(17,18)19)21-7-5-20-6-8-21;/h1-2,9,13,20H,3-8H2;1H/t13-;/m0./s1. The second-order valence-corrected chi connectivity index (χ2v) is 6.84. The van der Waals surface area contributed by atoms with Crippen LogP contribution in [0.25, 0.3) is 0 Å². The molecule has 1 saturated heterocycles. The lowest BCUT2D eigenvalue weighted by Gasteiger charge is -2.35. The molecule has 126 valence electrons. The molecule has 0 bridgehead atoms. The summed E-state index contributed by atoms with van der Waals surface area (Å²) in [6, 6.07) is 5.49. The summed E-state index contributed by atoms with van der Waals surface area (Å²) in [5, 5.41) is 3.23. The number of rotatable bonds is 4. The highest BCUT2D eigenvalue weighted by atomic mass is 79.9. The third kappa shape index (κ3) is 6.00. The summed E-state index contributed by atoms with van der Waals surface area (Å²) in [6.07, 6.45) is -4.77. The van der Waals surface area contributed by atoms with E-state index in [1.54, 1.807) is 0 Å². The molecule has 8 heteroatoms. The Labute approximate surface area is 151 Å². The van der Waals surface area contributed by atoms with E-state index in [1.165, 1.54) is 0 Å². The summed E-state index contributed by atoms with van der Waals surface area (Å²) in [5.74, 6) is 0. The molecule has 1 aliphatic heterocycles. The molecule has 0 aliphatic carbocycles. The average molecular weight is 467 g/mol. The molecule has 0 saturated carbocycles. The van der Waals surface area contributed by atoms with Crippen LogP contribution in [0.15, 0.2) is 27.1 Å². The minimum Gasteiger partial charge on any atom is -0.314 e. The highest BCUT2D eigenvalue weighted by molar-refractivity contribution is 9.13. The quantitative estimate of drug-likeness (QED) is 0.678. The Morgan fingerprint density at radius 3 is 2.32 bits per heavy atom. The summed E-state index contributed by atoms with van der Waals surface area (Å²) >= 11 is 6.82. The Morgan fingerprint density at radius 1 is 1.14 bits per heavy atom. The fraction of sp³-hybridized carbons (Fsp3) is 0.571.